The van der Waals surface area contributed by atoms with Crippen LogP contribution in [0.4, 0.5) is 14.5 Å². The minimum atomic E-state index is -3.41. The van der Waals surface area contributed by atoms with Gasteiger partial charge in [-0.2, -0.15) is 14.0 Å². The van der Waals surface area contributed by atoms with Gasteiger partial charge in [-0.05, 0) is 55.0 Å². The summed E-state index contributed by atoms with van der Waals surface area (Å²) < 4.78 is 58.6. The lowest BCUT2D eigenvalue weighted by atomic mass is 10.1. The molecular formula is C23H23F2N3O3S. The zero-order valence-corrected chi connectivity index (χ0v) is 18.3. The third kappa shape index (κ3) is 4.70. The summed E-state index contributed by atoms with van der Waals surface area (Å²) in [6, 6.07) is 13.7. The molecule has 1 heterocycles. The van der Waals surface area contributed by atoms with E-state index in [9.17, 15) is 22.5 Å². The van der Waals surface area contributed by atoms with Gasteiger partial charge in [0.15, 0.2) is 0 Å². The van der Waals surface area contributed by atoms with E-state index in [0.29, 0.717) is 46.7 Å². The van der Waals surface area contributed by atoms with E-state index in [-0.39, 0.29) is 11.5 Å². The molecule has 1 fully saturated rings. The van der Waals surface area contributed by atoms with E-state index in [1.165, 1.54) is 6.07 Å². The summed E-state index contributed by atoms with van der Waals surface area (Å²) in [5.74, 6) is 0.542. The summed E-state index contributed by atoms with van der Waals surface area (Å²) in [5.41, 5.74) is 2.98. The lowest BCUT2D eigenvalue weighted by Gasteiger charge is -2.13. The number of aromatic nitrogens is 1. The predicted octanol–water partition coefficient (Wildman–Crippen LogP) is 5.34. The van der Waals surface area contributed by atoms with Crippen LogP contribution >= 0.6 is 0 Å². The Morgan fingerprint density at radius 2 is 1.94 bits per heavy atom. The summed E-state index contributed by atoms with van der Waals surface area (Å²) in [7, 11) is -3.41. The second-order valence-corrected chi connectivity index (χ2v) is 9.79. The number of fused-ring (bicyclic) bond motifs is 1. The van der Waals surface area contributed by atoms with E-state index in [4.69, 9.17) is 0 Å². The van der Waals surface area contributed by atoms with E-state index in [2.05, 4.69) is 15.5 Å². The molecule has 1 aliphatic carbocycles. The fourth-order valence-corrected chi connectivity index (χ4v) is 5.00. The van der Waals surface area contributed by atoms with Crippen LogP contribution in [0.25, 0.3) is 22.2 Å². The molecule has 0 unspecified atom stereocenters. The largest absolute Gasteiger partial charge is 0.435 e. The van der Waals surface area contributed by atoms with Crippen molar-refractivity contribution >= 4 is 26.6 Å². The quantitative estimate of drug-likeness (QED) is 0.468. The second kappa shape index (κ2) is 8.79. The van der Waals surface area contributed by atoms with E-state index < -0.39 is 16.6 Å². The van der Waals surface area contributed by atoms with Crippen LogP contribution in [0.3, 0.4) is 0 Å². The van der Waals surface area contributed by atoms with Gasteiger partial charge in [-0.15, -0.1) is 0 Å². The Kier molecular flexibility index (Phi) is 6.07. The maximum atomic E-state index is 12.7. The van der Waals surface area contributed by atoms with Crippen LogP contribution in [0.1, 0.15) is 31.7 Å². The molecular weight excluding hydrogens is 436 g/mol. The standard InChI is InChI=1S/C23H23F2N3O3S/c1-2-11-32(29,30)27-17-7-5-16(6-8-17)22-20(13-26)19-10-9-18(31-23(24)25)12-21(19)28(22)14-15-3-4-15/h5-10,12,15,23,27H,2-4,11,14H2,1H3. The maximum Gasteiger partial charge on any atom is 0.387 e. The molecule has 0 atom stereocenters. The van der Waals surface area contributed by atoms with Gasteiger partial charge < -0.3 is 9.30 Å². The smallest absolute Gasteiger partial charge is 0.387 e. The van der Waals surface area contributed by atoms with Crippen LogP contribution in [0.15, 0.2) is 42.5 Å². The molecule has 168 valence electrons. The first-order valence-corrected chi connectivity index (χ1v) is 12.1. The lowest BCUT2D eigenvalue weighted by Crippen LogP contribution is -2.15. The fourth-order valence-electron chi connectivity index (χ4n) is 3.86. The number of rotatable bonds is 9. The molecule has 0 saturated heterocycles. The first-order valence-electron chi connectivity index (χ1n) is 10.4. The molecule has 0 aliphatic heterocycles. The molecule has 3 aromatic rings. The molecule has 9 heteroatoms. The molecule has 0 spiro atoms. The SMILES string of the molecule is CCCS(=O)(=O)Nc1ccc(-c2c(C#N)c3ccc(OC(F)F)cc3n2CC2CC2)cc1. The fraction of sp³-hybridized carbons (Fsp3) is 0.348. The number of hydrogen-bond donors (Lipinski definition) is 1. The van der Waals surface area contributed by atoms with Crippen molar-refractivity contribution in [1.82, 2.24) is 4.57 Å². The molecule has 0 amide bonds. The Balaban J connectivity index is 1.79. The van der Waals surface area contributed by atoms with E-state index in [1.54, 1.807) is 43.3 Å². The highest BCUT2D eigenvalue weighted by Gasteiger charge is 2.27. The number of ether oxygens (including phenoxy) is 1. The number of benzene rings is 2. The molecule has 4 rings (SSSR count). The Morgan fingerprint density at radius 3 is 2.53 bits per heavy atom. The van der Waals surface area contributed by atoms with Gasteiger partial charge in [-0.3, -0.25) is 4.72 Å². The van der Waals surface area contributed by atoms with Gasteiger partial charge in [-0.25, -0.2) is 8.42 Å². The van der Waals surface area contributed by atoms with Crippen molar-refractivity contribution in [2.75, 3.05) is 10.5 Å². The molecule has 1 N–H and O–H groups in total. The van der Waals surface area contributed by atoms with Crippen molar-refractivity contribution in [3.05, 3.63) is 48.0 Å². The molecule has 2 aromatic carbocycles. The highest BCUT2D eigenvalue weighted by molar-refractivity contribution is 7.92. The normalized spacial score (nSPS) is 14.0. The Hall–Kier alpha value is -3.12. The monoisotopic (exact) mass is 459 g/mol. The third-order valence-corrected chi connectivity index (χ3v) is 6.91. The Bertz CT molecular complexity index is 1270. The van der Waals surface area contributed by atoms with Crippen molar-refractivity contribution in [1.29, 1.82) is 5.26 Å². The first kappa shape index (κ1) is 22.1. The summed E-state index contributed by atoms with van der Waals surface area (Å²) >= 11 is 0. The molecule has 1 saturated carbocycles. The molecule has 6 nitrogen and oxygen atoms in total. The maximum absolute atomic E-state index is 12.7. The number of anilines is 1. The Labute approximate surface area is 185 Å². The van der Waals surface area contributed by atoms with Gasteiger partial charge in [0.1, 0.15) is 11.8 Å². The van der Waals surface area contributed by atoms with Crippen LogP contribution in [0, 0.1) is 17.2 Å². The minimum Gasteiger partial charge on any atom is -0.435 e. The van der Waals surface area contributed by atoms with E-state index in [1.807, 2.05) is 4.57 Å². The predicted molar refractivity (Wildman–Crippen MR) is 119 cm³/mol. The summed E-state index contributed by atoms with van der Waals surface area (Å²) in [6.07, 6.45) is 2.66. The average molecular weight is 460 g/mol. The second-order valence-electron chi connectivity index (χ2n) is 7.95. The topological polar surface area (TPSA) is 84.1 Å². The summed E-state index contributed by atoms with van der Waals surface area (Å²) in [5, 5.41) is 10.6. The van der Waals surface area contributed by atoms with Crippen molar-refractivity contribution in [3.8, 4) is 23.1 Å². The average Bonchev–Trinajstić information content (AvgIpc) is 3.50. The van der Waals surface area contributed by atoms with Crippen molar-refractivity contribution in [2.45, 2.75) is 39.3 Å². The summed E-state index contributed by atoms with van der Waals surface area (Å²) in [6.45, 7) is -0.475. The van der Waals surface area contributed by atoms with Gasteiger partial charge in [0.25, 0.3) is 0 Å². The van der Waals surface area contributed by atoms with Gasteiger partial charge in [0.2, 0.25) is 10.0 Å². The van der Waals surface area contributed by atoms with Crippen molar-refractivity contribution in [2.24, 2.45) is 5.92 Å². The number of nitriles is 1. The molecule has 1 aliphatic rings. The van der Waals surface area contributed by atoms with E-state index >= 15 is 0 Å². The molecule has 1 aromatic heterocycles. The number of sulfonamides is 1. The van der Waals surface area contributed by atoms with Crippen molar-refractivity contribution < 1.29 is 21.9 Å². The van der Waals surface area contributed by atoms with Gasteiger partial charge >= 0.3 is 6.61 Å². The number of nitrogens with zero attached hydrogens (tertiary/aromatic N) is 2. The van der Waals surface area contributed by atoms with E-state index in [0.717, 1.165) is 18.4 Å². The van der Waals surface area contributed by atoms with Gasteiger partial charge in [0, 0.05) is 23.7 Å². The molecule has 0 radical (unpaired) electrons. The van der Waals surface area contributed by atoms with Crippen LogP contribution < -0.4 is 9.46 Å². The number of alkyl halides is 2. The zero-order valence-electron chi connectivity index (χ0n) is 17.5. The Morgan fingerprint density at radius 1 is 1.22 bits per heavy atom. The molecule has 0 bridgehead atoms. The zero-order chi connectivity index (χ0) is 22.9. The van der Waals surface area contributed by atoms with Crippen LogP contribution in [0.5, 0.6) is 5.75 Å². The van der Waals surface area contributed by atoms with Gasteiger partial charge in [-0.1, -0.05) is 19.1 Å². The first-order chi connectivity index (χ1) is 15.3. The lowest BCUT2D eigenvalue weighted by molar-refractivity contribution is -0.0497. The van der Waals surface area contributed by atoms with Crippen LogP contribution in [0.2, 0.25) is 0 Å². The summed E-state index contributed by atoms with van der Waals surface area (Å²) in [4.78, 5) is 0. The van der Waals surface area contributed by atoms with Crippen molar-refractivity contribution in [3.63, 3.8) is 0 Å². The third-order valence-electron chi connectivity index (χ3n) is 5.42. The number of halogens is 2. The number of hydrogen-bond acceptors (Lipinski definition) is 4. The minimum absolute atomic E-state index is 0.0337. The van der Waals surface area contributed by atoms with Crippen LogP contribution in [-0.4, -0.2) is 25.3 Å². The highest BCUT2D eigenvalue weighted by atomic mass is 32.2. The highest BCUT2D eigenvalue weighted by Crippen LogP contribution is 2.40. The van der Waals surface area contributed by atoms with Crippen LogP contribution in [-0.2, 0) is 16.6 Å². The number of nitrogens with one attached hydrogen (secondary N) is 1. The molecule has 32 heavy (non-hydrogen) atoms. The van der Waals surface area contributed by atoms with Gasteiger partial charge in [0.05, 0.1) is 22.5 Å².